The van der Waals surface area contributed by atoms with Crippen LogP contribution >= 0.6 is 0 Å². The van der Waals surface area contributed by atoms with E-state index < -0.39 is 0 Å². The van der Waals surface area contributed by atoms with Crippen molar-refractivity contribution in [1.29, 1.82) is 0 Å². The molecular formula is C9H14O2. The van der Waals surface area contributed by atoms with Crippen LogP contribution in [0, 0.1) is 6.92 Å². The summed E-state index contributed by atoms with van der Waals surface area (Å²) < 4.78 is 5.32. The lowest BCUT2D eigenvalue weighted by molar-refractivity contribution is 0.182. The maximum Gasteiger partial charge on any atom is 0.104 e. The highest BCUT2D eigenvalue weighted by molar-refractivity contribution is 5.05. The second kappa shape index (κ2) is 3.58. The van der Waals surface area contributed by atoms with Gasteiger partial charge in [-0.05, 0) is 32.4 Å². The Bertz CT molecular complexity index is 213. The Kier molecular flexibility index (Phi) is 2.71. The Labute approximate surface area is 66.8 Å². The van der Waals surface area contributed by atoms with Crippen LogP contribution < -0.4 is 0 Å². The van der Waals surface area contributed by atoms with Crippen LogP contribution in [0.1, 0.15) is 24.9 Å². The topological polar surface area (TPSA) is 33.4 Å². The Morgan fingerprint density at radius 1 is 1.55 bits per heavy atom. The van der Waals surface area contributed by atoms with Gasteiger partial charge in [0.05, 0.1) is 6.10 Å². The maximum absolute atomic E-state index is 8.98. The molecule has 0 bridgehead atoms. The summed E-state index contributed by atoms with van der Waals surface area (Å²) in [7, 11) is 0. The molecular weight excluding hydrogens is 140 g/mol. The van der Waals surface area contributed by atoms with E-state index in [2.05, 4.69) is 0 Å². The van der Waals surface area contributed by atoms with Crippen LogP contribution in [0.25, 0.3) is 0 Å². The third kappa shape index (κ3) is 2.76. The predicted molar refractivity (Wildman–Crippen MR) is 43.4 cm³/mol. The van der Waals surface area contributed by atoms with Gasteiger partial charge in [-0.1, -0.05) is 0 Å². The van der Waals surface area contributed by atoms with E-state index in [9.17, 15) is 0 Å². The van der Waals surface area contributed by atoms with Crippen molar-refractivity contribution in [3.8, 4) is 0 Å². The van der Waals surface area contributed by atoms with Crippen LogP contribution in [0.3, 0.4) is 0 Å². The van der Waals surface area contributed by atoms with Gasteiger partial charge in [0.1, 0.15) is 11.5 Å². The highest BCUT2D eigenvalue weighted by Crippen LogP contribution is 2.09. The molecule has 0 radical (unpaired) electrons. The smallest absolute Gasteiger partial charge is 0.104 e. The van der Waals surface area contributed by atoms with Gasteiger partial charge < -0.3 is 9.52 Å². The van der Waals surface area contributed by atoms with Crippen LogP contribution in [0.5, 0.6) is 0 Å². The van der Waals surface area contributed by atoms with Crippen molar-refractivity contribution in [2.45, 2.75) is 32.8 Å². The fourth-order valence-electron chi connectivity index (χ4n) is 0.971. The Morgan fingerprint density at radius 3 is 2.73 bits per heavy atom. The number of hydrogen-bond donors (Lipinski definition) is 1. The molecule has 11 heavy (non-hydrogen) atoms. The Morgan fingerprint density at radius 2 is 2.27 bits per heavy atom. The quantitative estimate of drug-likeness (QED) is 0.721. The van der Waals surface area contributed by atoms with Crippen molar-refractivity contribution in [3.05, 3.63) is 23.7 Å². The van der Waals surface area contributed by atoms with Gasteiger partial charge in [-0.25, -0.2) is 0 Å². The summed E-state index contributed by atoms with van der Waals surface area (Å²) in [5.41, 5.74) is 0. The molecule has 2 nitrogen and oxygen atoms in total. The van der Waals surface area contributed by atoms with Gasteiger partial charge in [0.25, 0.3) is 0 Å². The van der Waals surface area contributed by atoms with Crippen LogP contribution in [-0.4, -0.2) is 11.2 Å². The molecule has 0 saturated heterocycles. The lowest BCUT2D eigenvalue weighted by atomic mass is 10.2. The minimum atomic E-state index is -0.236. The fraction of sp³-hybridized carbons (Fsp3) is 0.556. The van der Waals surface area contributed by atoms with Crippen molar-refractivity contribution >= 4 is 0 Å². The van der Waals surface area contributed by atoms with Crippen molar-refractivity contribution in [3.63, 3.8) is 0 Å². The van der Waals surface area contributed by atoms with Crippen molar-refractivity contribution in [2.24, 2.45) is 0 Å². The molecule has 1 aromatic heterocycles. The summed E-state index contributed by atoms with van der Waals surface area (Å²) in [6.45, 7) is 3.71. The van der Waals surface area contributed by atoms with E-state index in [1.807, 2.05) is 19.1 Å². The van der Waals surface area contributed by atoms with Gasteiger partial charge >= 0.3 is 0 Å². The third-order valence-corrected chi connectivity index (χ3v) is 1.60. The van der Waals surface area contributed by atoms with Crippen molar-refractivity contribution in [1.82, 2.24) is 0 Å². The monoisotopic (exact) mass is 154 g/mol. The molecule has 1 unspecified atom stereocenters. The summed E-state index contributed by atoms with van der Waals surface area (Å²) in [4.78, 5) is 0. The van der Waals surface area contributed by atoms with E-state index in [0.717, 1.165) is 24.4 Å². The molecule has 0 aromatic carbocycles. The Balaban J connectivity index is 2.39. The SMILES string of the molecule is Cc1ccc(CCC(C)O)o1. The van der Waals surface area contributed by atoms with Crippen molar-refractivity contribution in [2.75, 3.05) is 0 Å². The molecule has 0 aliphatic carbocycles. The van der Waals surface area contributed by atoms with Crippen LogP contribution in [0.2, 0.25) is 0 Å². The van der Waals surface area contributed by atoms with Gasteiger partial charge in [0.15, 0.2) is 0 Å². The summed E-state index contributed by atoms with van der Waals surface area (Å²) in [6, 6.07) is 3.90. The van der Waals surface area contributed by atoms with Crippen LogP contribution in [0.4, 0.5) is 0 Å². The molecule has 2 heteroatoms. The van der Waals surface area contributed by atoms with E-state index in [-0.39, 0.29) is 6.10 Å². The highest BCUT2D eigenvalue weighted by atomic mass is 16.3. The summed E-state index contributed by atoms with van der Waals surface area (Å²) in [5.74, 6) is 1.90. The standard InChI is InChI=1S/C9H14O2/c1-7(10)3-5-9-6-4-8(2)11-9/h4,6-7,10H,3,5H2,1-2H3. The molecule has 1 N–H and O–H groups in total. The highest BCUT2D eigenvalue weighted by Gasteiger charge is 2.00. The summed E-state index contributed by atoms with van der Waals surface area (Å²) in [5, 5.41) is 8.98. The number of hydrogen-bond acceptors (Lipinski definition) is 2. The van der Waals surface area contributed by atoms with E-state index >= 15 is 0 Å². The average molecular weight is 154 g/mol. The molecule has 0 amide bonds. The second-order valence-electron chi connectivity index (χ2n) is 2.90. The number of aliphatic hydroxyl groups is 1. The molecule has 0 aliphatic heterocycles. The zero-order valence-corrected chi connectivity index (χ0v) is 7.00. The number of aryl methyl sites for hydroxylation is 2. The van der Waals surface area contributed by atoms with Crippen LogP contribution in [0.15, 0.2) is 16.5 Å². The first-order chi connectivity index (χ1) is 5.18. The molecule has 0 fully saturated rings. The lowest BCUT2D eigenvalue weighted by Gasteiger charge is -1.99. The molecule has 0 aliphatic rings. The molecule has 0 saturated carbocycles. The van der Waals surface area contributed by atoms with Gasteiger partial charge in [-0.15, -0.1) is 0 Å². The molecule has 62 valence electrons. The zero-order chi connectivity index (χ0) is 8.27. The fourth-order valence-corrected chi connectivity index (χ4v) is 0.971. The molecule has 1 heterocycles. The number of rotatable bonds is 3. The first-order valence-electron chi connectivity index (χ1n) is 3.92. The Hall–Kier alpha value is -0.760. The van der Waals surface area contributed by atoms with E-state index in [4.69, 9.17) is 9.52 Å². The minimum absolute atomic E-state index is 0.236. The predicted octanol–water partition coefficient (Wildman–Crippen LogP) is 1.90. The summed E-state index contributed by atoms with van der Waals surface area (Å²) >= 11 is 0. The van der Waals surface area contributed by atoms with E-state index in [0.29, 0.717) is 0 Å². The second-order valence-corrected chi connectivity index (χ2v) is 2.90. The van der Waals surface area contributed by atoms with Gasteiger partial charge in [-0.3, -0.25) is 0 Å². The third-order valence-electron chi connectivity index (χ3n) is 1.60. The summed E-state index contributed by atoms with van der Waals surface area (Å²) in [6.07, 6.45) is 1.36. The van der Waals surface area contributed by atoms with Gasteiger partial charge in [0, 0.05) is 6.42 Å². The normalized spacial score (nSPS) is 13.4. The van der Waals surface area contributed by atoms with Gasteiger partial charge in [0.2, 0.25) is 0 Å². The van der Waals surface area contributed by atoms with Gasteiger partial charge in [-0.2, -0.15) is 0 Å². The largest absolute Gasteiger partial charge is 0.466 e. The number of aliphatic hydroxyl groups excluding tert-OH is 1. The van der Waals surface area contributed by atoms with Crippen LogP contribution in [-0.2, 0) is 6.42 Å². The molecule has 1 aromatic rings. The first kappa shape index (κ1) is 8.34. The molecule has 1 rings (SSSR count). The lowest BCUT2D eigenvalue weighted by Crippen LogP contribution is -2.00. The minimum Gasteiger partial charge on any atom is -0.466 e. The van der Waals surface area contributed by atoms with E-state index in [1.54, 1.807) is 6.92 Å². The zero-order valence-electron chi connectivity index (χ0n) is 7.00. The molecule has 0 spiro atoms. The van der Waals surface area contributed by atoms with E-state index in [1.165, 1.54) is 0 Å². The molecule has 1 atom stereocenters. The first-order valence-corrected chi connectivity index (χ1v) is 3.92. The van der Waals surface area contributed by atoms with Crippen molar-refractivity contribution < 1.29 is 9.52 Å². The number of furan rings is 1. The maximum atomic E-state index is 8.98. The average Bonchev–Trinajstić information content (AvgIpc) is 2.31.